The number of amides is 1. The molecular formula is C14H22N4O. The SMILES string of the molecule is CNCC1CCN(C(=O)c2cc(C3CC3)[nH]n2)CC1. The van der Waals surface area contributed by atoms with E-state index in [1.807, 2.05) is 18.0 Å². The van der Waals surface area contributed by atoms with Gasteiger partial charge in [-0.15, -0.1) is 0 Å². The summed E-state index contributed by atoms with van der Waals surface area (Å²) in [5, 5.41) is 10.4. The molecule has 2 aliphatic rings. The number of piperidine rings is 1. The van der Waals surface area contributed by atoms with Crippen LogP contribution in [-0.4, -0.2) is 47.7 Å². The van der Waals surface area contributed by atoms with Gasteiger partial charge in [-0.25, -0.2) is 0 Å². The predicted octanol–water partition coefficient (Wildman–Crippen LogP) is 1.36. The Labute approximate surface area is 113 Å². The van der Waals surface area contributed by atoms with E-state index in [-0.39, 0.29) is 5.91 Å². The van der Waals surface area contributed by atoms with Crippen molar-refractivity contribution in [2.75, 3.05) is 26.7 Å². The van der Waals surface area contributed by atoms with E-state index in [1.165, 1.54) is 12.8 Å². The first-order chi connectivity index (χ1) is 9.28. The van der Waals surface area contributed by atoms with Crippen LogP contribution >= 0.6 is 0 Å². The number of likely N-dealkylation sites (tertiary alicyclic amines) is 1. The Morgan fingerprint density at radius 2 is 2.16 bits per heavy atom. The van der Waals surface area contributed by atoms with Crippen molar-refractivity contribution in [1.29, 1.82) is 0 Å². The molecule has 1 aromatic heterocycles. The molecule has 1 aliphatic carbocycles. The number of carbonyl (C=O) groups is 1. The van der Waals surface area contributed by atoms with Crippen molar-refractivity contribution < 1.29 is 4.79 Å². The Morgan fingerprint density at radius 1 is 1.42 bits per heavy atom. The second kappa shape index (κ2) is 5.33. The molecule has 19 heavy (non-hydrogen) atoms. The summed E-state index contributed by atoms with van der Waals surface area (Å²) < 4.78 is 0. The Balaban J connectivity index is 1.57. The van der Waals surface area contributed by atoms with Gasteiger partial charge in [-0.3, -0.25) is 9.89 Å². The van der Waals surface area contributed by atoms with Crippen LogP contribution in [0.3, 0.4) is 0 Å². The number of hydrogen-bond donors (Lipinski definition) is 2. The Morgan fingerprint density at radius 3 is 2.79 bits per heavy atom. The average molecular weight is 262 g/mol. The zero-order valence-electron chi connectivity index (χ0n) is 11.5. The van der Waals surface area contributed by atoms with Gasteiger partial charge in [0.1, 0.15) is 5.69 Å². The lowest BCUT2D eigenvalue weighted by Gasteiger charge is -2.31. The molecular weight excluding hydrogens is 240 g/mol. The summed E-state index contributed by atoms with van der Waals surface area (Å²) >= 11 is 0. The number of nitrogens with zero attached hydrogens (tertiary/aromatic N) is 2. The van der Waals surface area contributed by atoms with Crippen molar-refractivity contribution in [3.8, 4) is 0 Å². The normalized spacial score (nSPS) is 20.8. The highest BCUT2D eigenvalue weighted by molar-refractivity contribution is 5.92. The standard InChI is InChI=1S/C14H22N4O/c1-15-9-10-4-6-18(7-5-10)14(19)13-8-12(16-17-13)11-2-3-11/h8,10-11,15H,2-7,9H2,1H3,(H,16,17). The first kappa shape index (κ1) is 12.7. The van der Waals surface area contributed by atoms with E-state index in [2.05, 4.69) is 15.5 Å². The summed E-state index contributed by atoms with van der Waals surface area (Å²) in [5.74, 6) is 1.41. The van der Waals surface area contributed by atoms with Crippen LogP contribution in [0.2, 0.25) is 0 Å². The minimum atomic E-state index is 0.0889. The lowest BCUT2D eigenvalue weighted by molar-refractivity contribution is 0.0685. The number of aromatic nitrogens is 2. The number of carbonyl (C=O) groups excluding carboxylic acids is 1. The van der Waals surface area contributed by atoms with Gasteiger partial charge in [0.25, 0.3) is 5.91 Å². The van der Waals surface area contributed by atoms with Crippen molar-refractivity contribution in [3.63, 3.8) is 0 Å². The molecule has 0 unspecified atom stereocenters. The molecule has 1 amide bonds. The second-order valence-corrected chi connectivity index (χ2v) is 5.78. The smallest absolute Gasteiger partial charge is 0.274 e. The molecule has 104 valence electrons. The van der Waals surface area contributed by atoms with Crippen LogP contribution in [0.5, 0.6) is 0 Å². The van der Waals surface area contributed by atoms with Crippen molar-refractivity contribution in [3.05, 3.63) is 17.5 Å². The lowest BCUT2D eigenvalue weighted by Crippen LogP contribution is -2.40. The highest BCUT2D eigenvalue weighted by Gasteiger charge is 2.28. The van der Waals surface area contributed by atoms with Crippen molar-refractivity contribution in [2.24, 2.45) is 5.92 Å². The minimum Gasteiger partial charge on any atom is -0.337 e. The van der Waals surface area contributed by atoms with Crippen LogP contribution in [0.15, 0.2) is 6.07 Å². The van der Waals surface area contributed by atoms with E-state index in [4.69, 9.17) is 0 Å². The van der Waals surface area contributed by atoms with Crippen molar-refractivity contribution in [2.45, 2.75) is 31.6 Å². The van der Waals surface area contributed by atoms with Crippen LogP contribution < -0.4 is 5.32 Å². The lowest BCUT2D eigenvalue weighted by atomic mass is 9.96. The third-order valence-electron chi connectivity index (χ3n) is 4.23. The van der Waals surface area contributed by atoms with Crippen LogP contribution in [0.1, 0.15) is 47.8 Å². The number of hydrogen-bond acceptors (Lipinski definition) is 3. The Bertz CT molecular complexity index is 444. The molecule has 0 spiro atoms. The largest absolute Gasteiger partial charge is 0.337 e. The van der Waals surface area contributed by atoms with Gasteiger partial charge in [0.05, 0.1) is 0 Å². The van der Waals surface area contributed by atoms with Gasteiger partial charge in [0, 0.05) is 24.7 Å². The zero-order valence-corrected chi connectivity index (χ0v) is 11.5. The molecule has 2 N–H and O–H groups in total. The molecule has 0 bridgehead atoms. The maximum Gasteiger partial charge on any atom is 0.274 e. The second-order valence-electron chi connectivity index (χ2n) is 5.78. The van der Waals surface area contributed by atoms with Gasteiger partial charge in [-0.05, 0) is 51.3 Å². The summed E-state index contributed by atoms with van der Waals surface area (Å²) in [7, 11) is 1.99. The summed E-state index contributed by atoms with van der Waals surface area (Å²) in [6, 6.07) is 1.94. The first-order valence-electron chi connectivity index (χ1n) is 7.27. The fourth-order valence-electron chi connectivity index (χ4n) is 2.84. The topological polar surface area (TPSA) is 61.0 Å². The summed E-state index contributed by atoms with van der Waals surface area (Å²) in [5.41, 5.74) is 1.72. The maximum atomic E-state index is 12.3. The highest BCUT2D eigenvalue weighted by atomic mass is 16.2. The number of rotatable bonds is 4. The van der Waals surface area contributed by atoms with Crippen LogP contribution in [0, 0.1) is 5.92 Å². The number of aromatic amines is 1. The maximum absolute atomic E-state index is 12.3. The number of H-pyrrole nitrogens is 1. The number of nitrogens with one attached hydrogen (secondary N) is 2. The fraction of sp³-hybridized carbons (Fsp3) is 0.714. The summed E-state index contributed by atoms with van der Waals surface area (Å²) in [6.45, 7) is 2.77. The third kappa shape index (κ3) is 2.81. The molecule has 0 radical (unpaired) electrons. The molecule has 0 atom stereocenters. The van der Waals surface area contributed by atoms with Crippen LogP contribution in [0.25, 0.3) is 0 Å². The van der Waals surface area contributed by atoms with Crippen molar-refractivity contribution in [1.82, 2.24) is 20.4 Å². The van der Waals surface area contributed by atoms with Gasteiger partial charge in [0.15, 0.2) is 0 Å². The fourth-order valence-corrected chi connectivity index (χ4v) is 2.84. The Kier molecular flexibility index (Phi) is 3.55. The molecule has 1 saturated carbocycles. The molecule has 3 rings (SSSR count). The highest BCUT2D eigenvalue weighted by Crippen LogP contribution is 2.39. The van der Waals surface area contributed by atoms with E-state index in [0.717, 1.165) is 38.2 Å². The third-order valence-corrected chi connectivity index (χ3v) is 4.23. The van der Waals surface area contributed by atoms with E-state index in [9.17, 15) is 4.79 Å². The van der Waals surface area contributed by atoms with Crippen LogP contribution in [0.4, 0.5) is 0 Å². The van der Waals surface area contributed by atoms with Crippen molar-refractivity contribution >= 4 is 5.91 Å². The zero-order chi connectivity index (χ0) is 13.2. The molecule has 2 fully saturated rings. The van der Waals surface area contributed by atoms with Gasteiger partial charge in [0.2, 0.25) is 0 Å². The average Bonchev–Trinajstić information content (AvgIpc) is 3.17. The minimum absolute atomic E-state index is 0.0889. The van der Waals surface area contributed by atoms with Gasteiger partial charge < -0.3 is 10.2 Å². The molecule has 1 saturated heterocycles. The molecule has 1 aromatic rings. The van der Waals surface area contributed by atoms with Gasteiger partial charge >= 0.3 is 0 Å². The van der Waals surface area contributed by atoms with E-state index < -0.39 is 0 Å². The first-order valence-corrected chi connectivity index (χ1v) is 7.27. The molecule has 5 nitrogen and oxygen atoms in total. The molecule has 0 aromatic carbocycles. The quantitative estimate of drug-likeness (QED) is 0.861. The molecule has 5 heteroatoms. The van der Waals surface area contributed by atoms with Gasteiger partial charge in [-0.1, -0.05) is 0 Å². The summed E-state index contributed by atoms with van der Waals surface area (Å²) in [4.78, 5) is 14.3. The van der Waals surface area contributed by atoms with Gasteiger partial charge in [-0.2, -0.15) is 5.10 Å². The summed E-state index contributed by atoms with van der Waals surface area (Å²) in [6.07, 6.45) is 4.63. The Hall–Kier alpha value is -1.36. The molecule has 1 aliphatic heterocycles. The monoisotopic (exact) mass is 262 g/mol. The molecule has 2 heterocycles. The van der Waals surface area contributed by atoms with Crippen LogP contribution in [-0.2, 0) is 0 Å². The van der Waals surface area contributed by atoms with E-state index in [0.29, 0.717) is 17.5 Å². The van der Waals surface area contributed by atoms with E-state index in [1.54, 1.807) is 0 Å². The predicted molar refractivity (Wildman–Crippen MR) is 73.1 cm³/mol. The van der Waals surface area contributed by atoms with E-state index >= 15 is 0 Å².